The lowest BCUT2D eigenvalue weighted by atomic mass is 10.0. The van der Waals surface area contributed by atoms with Gasteiger partial charge in [-0.3, -0.25) is 9.59 Å². The maximum absolute atomic E-state index is 12.4. The first-order valence-corrected chi connectivity index (χ1v) is 7.40. The van der Waals surface area contributed by atoms with E-state index in [1.807, 2.05) is 37.3 Å². The van der Waals surface area contributed by atoms with E-state index in [-0.39, 0.29) is 18.4 Å². The summed E-state index contributed by atoms with van der Waals surface area (Å²) < 4.78 is 5.27. The van der Waals surface area contributed by atoms with Crippen molar-refractivity contribution in [1.29, 1.82) is 0 Å². The third-order valence-electron chi connectivity index (χ3n) is 3.48. The molecule has 1 aliphatic heterocycles. The highest BCUT2D eigenvalue weighted by Gasteiger charge is 2.32. The molecule has 114 valence electrons. The zero-order valence-electron chi connectivity index (χ0n) is 12.4. The Morgan fingerprint density at radius 1 is 1.29 bits per heavy atom. The zero-order valence-corrected chi connectivity index (χ0v) is 12.4. The van der Waals surface area contributed by atoms with Crippen LogP contribution in [0.5, 0.6) is 0 Å². The minimum absolute atomic E-state index is 0.00467. The van der Waals surface area contributed by atoms with Crippen LogP contribution in [0.3, 0.4) is 0 Å². The number of rotatable bonds is 7. The summed E-state index contributed by atoms with van der Waals surface area (Å²) in [4.78, 5) is 25.8. The summed E-state index contributed by atoms with van der Waals surface area (Å²) in [7, 11) is 0. The van der Waals surface area contributed by atoms with Gasteiger partial charge in [0.1, 0.15) is 6.04 Å². The molecule has 1 N–H and O–H groups in total. The van der Waals surface area contributed by atoms with Gasteiger partial charge in [-0.1, -0.05) is 30.3 Å². The van der Waals surface area contributed by atoms with Gasteiger partial charge in [-0.25, -0.2) is 0 Å². The molecule has 0 radical (unpaired) electrons. The Balaban J connectivity index is 1.92. The Bertz CT molecular complexity index is 476. The van der Waals surface area contributed by atoms with Crippen molar-refractivity contribution in [3.05, 3.63) is 35.9 Å². The van der Waals surface area contributed by atoms with Crippen molar-refractivity contribution in [2.75, 3.05) is 26.3 Å². The molecule has 1 fully saturated rings. The Morgan fingerprint density at radius 2 is 2.05 bits per heavy atom. The van der Waals surface area contributed by atoms with Gasteiger partial charge in [-0.05, 0) is 18.9 Å². The fourth-order valence-electron chi connectivity index (χ4n) is 2.45. The minimum atomic E-state index is -0.458. The van der Waals surface area contributed by atoms with Crippen molar-refractivity contribution in [3.8, 4) is 0 Å². The highest BCUT2D eigenvalue weighted by Crippen LogP contribution is 2.10. The minimum Gasteiger partial charge on any atom is -0.382 e. The van der Waals surface area contributed by atoms with Gasteiger partial charge in [-0.15, -0.1) is 0 Å². The fraction of sp³-hybridized carbons (Fsp3) is 0.500. The summed E-state index contributed by atoms with van der Waals surface area (Å²) in [5.74, 6) is -0.0955. The predicted molar refractivity (Wildman–Crippen MR) is 79.8 cm³/mol. The number of amides is 2. The standard InChI is InChI=1S/C16H22N2O3/c1-2-21-10-6-9-18-12-15(19)17-14(16(18)20)11-13-7-4-3-5-8-13/h3-5,7-8,14H,2,6,9-12H2,1H3,(H,17,19). The van der Waals surface area contributed by atoms with Gasteiger partial charge in [0.15, 0.2) is 0 Å². The number of benzene rings is 1. The SMILES string of the molecule is CCOCCCN1CC(=O)NC(Cc2ccccc2)C1=O. The monoisotopic (exact) mass is 290 g/mol. The molecule has 0 spiro atoms. The summed E-state index contributed by atoms with van der Waals surface area (Å²) in [6.07, 6.45) is 1.29. The van der Waals surface area contributed by atoms with Crippen molar-refractivity contribution in [3.63, 3.8) is 0 Å². The summed E-state index contributed by atoms with van der Waals surface area (Å²) >= 11 is 0. The second-order valence-corrected chi connectivity index (χ2v) is 5.12. The molecule has 1 aromatic carbocycles. The van der Waals surface area contributed by atoms with E-state index in [0.717, 1.165) is 12.0 Å². The largest absolute Gasteiger partial charge is 0.382 e. The lowest BCUT2D eigenvalue weighted by Gasteiger charge is -2.32. The van der Waals surface area contributed by atoms with Crippen LogP contribution in [0.1, 0.15) is 18.9 Å². The molecule has 2 amide bonds. The summed E-state index contributed by atoms with van der Waals surface area (Å²) in [5, 5.41) is 2.78. The highest BCUT2D eigenvalue weighted by molar-refractivity contribution is 5.95. The van der Waals surface area contributed by atoms with Crippen molar-refractivity contribution in [2.45, 2.75) is 25.8 Å². The molecule has 0 aromatic heterocycles. The van der Waals surface area contributed by atoms with Gasteiger partial charge in [0.25, 0.3) is 0 Å². The maximum Gasteiger partial charge on any atom is 0.245 e. The summed E-state index contributed by atoms with van der Waals surface area (Å²) in [6.45, 7) is 3.94. The number of carbonyl (C=O) groups is 2. The fourth-order valence-corrected chi connectivity index (χ4v) is 2.45. The Labute approximate surface area is 125 Å². The predicted octanol–water partition coefficient (Wildman–Crippen LogP) is 0.983. The van der Waals surface area contributed by atoms with Crippen LogP contribution < -0.4 is 5.32 Å². The quantitative estimate of drug-likeness (QED) is 0.762. The lowest BCUT2D eigenvalue weighted by molar-refractivity contribution is -0.144. The Morgan fingerprint density at radius 3 is 2.76 bits per heavy atom. The first kappa shape index (κ1) is 15.5. The molecule has 1 aliphatic rings. The molecule has 1 heterocycles. The second-order valence-electron chi connectivity index (χ2n) is 5.12. The summed E-state index contributed by atoms with van der Waals surface area (Å²) in [6, 6.07) is 9.28. The molecule has 2 rings (SSSR count). The van der Waals surface area contributed by atoms with Crippen molar-refractivity contribution in [1.82, 2.24) is 10.2 Å². The van der Waals surface area contributed by atoms with Gasteiger partial charge in [0, 0.05) is 26.2 Å². The molecule has 5 heteroatoms. The van der Waals surface area contributed by atoms with E-state index in [0.29, 0.717) is 26.2 Å². The summed E-state index contributed by atoms with van der Waals surface area (Å²) in [5.41, 5.74) is 1.05. The van der Waals surface area contributed by atoms with Gasteiger partial charge < -0.3 is 15.0 Å². The van der Waals surface area contributed by atoms with E-state index >= 15 is 0 Å². The van der Waals surface area contributed by atoms with Crippen LogP contribution in [0.15, 0.2) is 30.3 Å². The van der Waals surface area contributed by atoms with Crippen molar-refractivity contribution < 1.29 is 14.3 Å². The van der Waals surface area contributed by atoms with E-state index in [1.54, 1.807) is 4.90 Å². The smallest absolute Gasteiger partial charge is 0.245 e. The average molecular weight is 290 g/mol. The normalized spacial score (nSPS) is 18.7. The average Bonchev–Trinajstić information content (AvgIpc) is 2.49. The molecule has 1 unspecified atom stereocenters. The first-order valence-electron chi connectivity index (χ1n) is 7.40. The number of ether oxygens (including phenoxy) is 1. The third kappa shape index (κ3) is 4.56. The molecule has 1 atom stereocenters. The van der Waals surface area contributed by atoms with E-state index in [9.17, 15) is 9.59 Å². The first-order chi connectivity index (χ1) is 10.2. The van der Waals surface area contributed by atoms with E-state index in [2.05, 4.69) is 5.32 Å². The molecule has 0 bridgehead atoms. The number of carbonyl (C=O) groups excluding carboxylic acids is 2. The highest BCUT2D eigenvalue weighted by atomic mass is 16.5. The van der Waals surface area contributed by atoms with Crippen LogP contribution in [0.2, 0.25) is 0 Å². The van der Waals surface area contributed by atoms with Gasteiger partial charge in [0.2, 0.25) is 11.8 Å². The number of nitrogens with one attached hydrogen (secondary N) is 1. The van der Waals surface area contributed by atoms with Crippen LogP contribution in [-0.2, 0) is 20.7 Å². The molecule has 1 aromatic rings. The van der Waals surface area contributed by atoms with Crippen LogP contribution in [0, 0.1) is 0 Å². The van der Waals surface area contributed by atoms with Crippen LogP contribution >= 0.6 is 0 Å². The van der Waals surface area contributed by atoms with Crippen molar-refractivity contribution in [2.24, 2.45) is 0 Å². The topological polar surface area (TPSA) is 58.6 Å². The second kappa shape index (κ2) is 7.78. The molecular weight excluding hydrogens is 268 g/mol. The molecular formula is C16H22N2O3. The van der Waals surface area contributed by atoms with Crippen molar-refractivity contribution >= 4 is 11.8 Å². The van der Waals surface area contributed by atoms with E-state index < -0.39 is 6.04 Å². The molecule has 5 nitrogen and oxygen atoms in total. The molecule has 0 aliphatic carbocycles. The number of hydrogen-bond donors (Lipinski definition) is 1. The number of nitrogens with zero attached hydrogens (tertiary/aromatic N) is 1. The molecule has 21 heavy (non-hydrogen) atoms. The van der Waals surface area contributed by atoms with Gasteiger partial charge in [0.05, 0.1) is 6.54 Å². The Hall–Kier alpha value is -1.88. The van der Waals surface area contributed by atoms with E-state index in [1.165, 1.54) is 0 Å². The van der Waals surface area contributed by atoms with Gasteiger partial charge >= 0.3 is 0 Å². The van der Waals surface area contributed by atoms with Gasteiger partial charge in [-0.2, -0.15) is 0 Å². The molecule has 1 saturated heterocycles. The third-order valence-corrected chi connectivity index (χ3v) is 3.48. The maximum atomic E-state index is 12.4. The Kier molecular flexibility index (Phi) is 5.75. The van der Waals surface area contributed by atoms with Crippen LogP contribution in [-0.4, -0.2) is 49.1 Å². The molecule has 0 saturated carbocycles. The lowest BCUT2D eigenvalue weighted by Crippen LogP contribution is -2.58. The van der Waals surface area contributed by atoms with Crippen LogP contribution in [0.25, 0.3) is 0 Å². The van der Waals surface area contributed by atoms with E-state index in [4.69, 9.17) is 4.74 Å². The van der Waals surface area contributed by atoms with Crippen LogP contribution in [0.4, 0.5) is 0 Å². The zero-order chi connectivity index (χ0) is 15.1. The number of hydrogen-bond acceptors (Lipinski definition) is 3. The number of piperazine rings is 1.